The second-order valence-electron chi connectivity index (χ2n) is 5.04. The number of carbonyl (C=O) groups is 1. The molecule has 0 unspecified atom stereocenters. The molecule has 2 aromatic rings. The molecule has 1 atom stereocenters. The molecule has 5 nitrogen and oxygen atoms in total. The standard InChI is InChI=1S/C15H14FN3O2S/c1-9-5-13(19-21-9)18-14(20)7-12-8-22-15(17-12)10-3-2-4-11(16)6-10/h2-4,6,8-9H,5,7H2,1H3,(H,18,19,20)/t9-/m1/s1. The molecule has 0 saturated carbocycles. The zero-order chi connectivity index (χ0) is 15.5. The van der Waals surface area contributed by atoms with Crippen LogP contribution >= 0.6 is 11.3 Å². The lowest BCUT2D eigenvalue weighted by Gasteiger charge is -2.01. The van der Waals surface area contributed by atoms with E-state index in [1.807, 2.05) is 6.92 Å². The molecule has 1 amide bonds. The second kappa shape index (κ2) is 6.23. The number of nitrogens with one attached hydrogen (secondary N) is 1. The highest BCUT2D eigenvalue weighted by Crippen LogP contribution is 2.24. The lowest BCUT2D eigenvalue weighted by Crippen LogP contribution is -2.31. The Kier molecular flexibility index (Phi) is 4.15. The van der Waals surface area contributed by atoms with Gasteiger partial charge in [-0.2, -0.15) is 0 Å². The van der Waals surface area contributed by atoms with Crippen LogP contribution in [0.4, 0.5) is 4.39 Å². The molecule has 0 radical (unpaired) electrons. The number of amides is 1. The first-order valence-corrected chi connectivity index (χ1v) is 7.71. The Morgan fingerprint density at radius 1 is 1.55 bits per heavy atom. The molecule has 2 heterocycles. The van der Waals surface area contributed by atoms with Gasteiger partial charge in [0.25, 0.3) is 0 Å². The summed E-state index contributed by atoms with van der Waals surface area (Å²) in [7, 11) is 0. The highest BCUT2D eigenvalue weighted by Gasteiger charge is 2.18. The van der Waals surface area contributed by atoms with E-state index in [4.69, 9.17) is 4.84 Å². The van der Waals surface area contributed by atoms with Crippen LogP contribution in [0.2, 0.25) is 0 Å². The molecule has 0 fully saturated rings. The van der Waals surface area contributed by atoms with Crippen LogP contribution < -0.4 is 5.32 Å². The van der Waals surface area contributed by atoms with Gasteiger partial charge in [-0.3, -0.25) is 4.79 Å². The number of nitrogens with zero attached hydrogens (tertiary/aromatic N) is 2. The highest BCUT2D eigenvalue weighted by molar-refractivity contribution is 7.13. The van der Waals surface area contributed by atoms with Crippen LogP contribution in [0.5, 0.6) is 0 Å². The molecule has 0 saturated heterocycles. The van der Waals surface area contributed by atoms with E-state index in [0.29, 0.717) is 28.5 Å². The maximum atomic E-state index is 13.2. The molecule has 1 N–H and O–H groups in total. The first kappa shape index (κ1) is 14.6. The molecule has 114 valence electrons. The molecule has 3 rings (SSSR count). The number of thiazole rings is 1. The predicted molar refractivity (Wildman–Crippen MR) is 82.0 cm³/mol. The normalized spacial score (nSPS) is 17.0. The first-order chi connectivity index (χ1) is 10.6. The quantitative estimate of drug-likeness (QED) is 0.946. The van der Waals surface area contributed by atoms with Gasteiger partial charge in [-0.15, -0.1) is 11.3 Å². The van der Waals surface area contributed by atoms with Crippen molar-refractivity contribution in [1.82, 2.24) is 10.3 Å². The first-order valence-electron chi connectivity index (χ1n) is 6.83. The number of amidine groups is 1. The van der Waals surface area contributed by atoms with E-state index in [1.54, 1.807) is 17.5 Å². The molecule has 7 heteroatoms. The van der Waals surface area contributed by atoms with Crippen molar-refractivity contribution in [3.05, 3.63) is 41.2 Å². The van der Waals surface area contributed by atoms with Gasteiger partial charge in [-0.25, -0.2) is 9.37 Å². The minimum absolute atomic E-state index is 0.00541. The summed E-state index contributed by atoms with van der Waals surface area (Å²) >= 11 is 1.38. The summed E-state index contributed by atoms with van der Waals surface area (Å²) in [6.45, 7) is 1.88. The summed E-state index contributed by atoms with van der Waals surface area (Å²) in [5, 5.41) is 8.99. The number of benzene rings is 1. The van der Waals surface area contributed by atoms with Crippen molar-refractivity contribution < 1.29 is 14.0 Å². The number of rotatable bonds is 3. The Morgan fingerprint density at radius 3 is 3.14 bits per heavy atom. The third-order valence-corrected chi connectivity index (χ3v) is 4.01. The lowest BCUT2D eigenvalue weighted by atomic mass is 10.2. The van der Waals surface area contributed by atoms with Gasteiger partial charge >= 0.3 is 0 Å². The molecule has 1 aromatic heterocycles. The number of oxime groups is 1. The van der Waals surface area contributed by atoms with E-state index in [2.05, 4.69) is 15.5 Å². The SMILES string of the molecule is C[C@@H]1CC(NC(=O)Cc2csc(-c3cccc(F)c3)n2)=NO1. The van der Waals surface area contributed by atoms with Gasteiger partial charge < -0.3 is 10.2 Å². The third kappa shape index (κ3) is 3.48. The summed E-state index contributed by atoms with van der Waals surface area (Å²) in [6, 6.07) is 6.24. The van der Waals surface area contributed by atoms with Crippen molar-refractivity contribution in [2.75, 3.05) is 0 Å². The average Bonchev–Trinajstić information content (AvgIpc) is 3.08. The van der Waals surface area contributed by atoms with E-state index in [1.165, 1.54) is 23.5 Å². The molecule has 0 bridgehead atoms. The van der Waals surface area contributed by atoms with Crippen molar-refractivity contribution in [2.24, 2.45) is 5.16 Å². The van der Waals surface area contributed by atoms with Gasteiger partial charge in [-0.1, -0.05) is 17.3 Å². The van der Waals surface area contributed by atoms with Gasteiger partial charge in [0.05, 0.1) is 12.1 Å². The van der Waals surface area contributed by atoms with Crippen LogP contribution in [0.1, 0.15) is 19.0 Å². The monoisotopic (exact) mass is 319 g/mol. The Balaban J connectivity index is 1.63. The van der Waals surface area contributed by atoms with Gasteiger partial charge in [0.15, 0.2) is 5.84 Å². The van der Waals surface area contributed by atoms with Gasteiger partial charge in [-0.05, 0) is 19.1 Å². The molecule has 1 aliphatic rings. The lowest BCUT2D eigenvalue weighted by molar-refractivity contribution is -0.119. The Morgan fingerprint density at radius 2 is 2.41 bits per heavy atom. The summed E-state index contributed by atoms with van der Waals surface area (Å²) in [4.78, 5) is 21.3. The molecule has 0 aliphatic carbocycles. The van der Waals surface area contributed by atoms with Crippen LogP contribution in [-0.2, 0) is 16.1 Å². The second-order valence-corrected chi connectivity index (χ2v) is 5.90. The van der Waals surface area contributed by atoms with Crippen LogP contribution in [-0.4, -0.2) is 22.8 Å². The molecular weight excluding hydrogens is 305 g/mol. The highest BCUT2D eigenvalue weighted by atomic mass is 32.1. The molecule has 22 heavy (non-hydrogen) atoms. The van der Waals surface area contributed by atoms with E-state index in [0.717, 1.165) is 0 Å². The maximum Gasteiger partial charge on any atom is 0.231 e. The van der Waals surface area contributed by atoms with Crippen molar-refractivity contribution in [3.8, 4) is 10.6 Å². The number of hydrogen-bond acceptors (Lipinski definition) is 5. The largest absolute Gasteiger partial charge is 0.391 e. The zero-order valence-electron chi connectivity index (χ0n) is 11.9. The van der Waals surface area contributed by atoms with Crippen molar-refractivity contribution in [3.63, 3.8) is 0 Å². The van der Waals surface area contributed by atoms with Gasteiger partial charge in [0.1, 0.15) is 16.9 Å². The summed E-state index contributed by atoms with van der Waals surface area (Å²) < 4.78 is 13.2. The van der Waals surface area contributed by atoms with E-state index < -0.39 is 0 Å². The molecule has 0 spiro atoms. The fraction of sp³-hybridized carbons (Fsp3) is 0.267. The van der Waals surface area contributed by atoms with E-state index >= 15 is 0 Å². The Bertz CT molecular complexity index is 729. The Labute approximate surface area is 130 Å². The smallest absolute Gasteiger partial charge is 0.231 e. The summed E-state index contributed by atoms with van der Waals surface area (Å²) in [5.74, 6) is 0.0472. The van der Waals surface area contributed by atoms with Crippen molar-refractivity contribution >= 4 is 23.1 Å². The molecular formula is C15H14FN3O2S. The fourth-order valence-corrected chi connectivity index (χ4v) is 2.90. The molecule has 1 aliphatic heterocycles. The summed E-state index contributed by atoms with van der Waals surface area (Å²) in [5.41, 5.74) is 1.35. The summed E-state index contributed by atoms with van der Waals surface area (Å²) in [6.07, 6.45) is 0.741. The maximum absolute atomic E-state index is 13.2. The predicted octanol–water partition coefficient (Wildman–Crippen LogP) is 2.73. The third-order valence-electron chi connectivity index (χ3n) is 3.07. The minimum atomic E-state index is -0.305. The number of halogens is 1. The van der Waals surface area contributed by atoms with Crippen molar-refractivity contribution in [2.45, 2.75) is 25.9 Å². The van der Waals surface area contributed by atoms with Crippen LogP contribution in [0.25, 0.3) is 10.6 Å². The minimum Gasteiger partial charge on any atom is -0.391 e. The average molecular weight is 319 g/mol. The number of aromatic nitrogens is 1. The zero-order valence-corrected chi connectivity index (χ0v) is 12.7. The number of carbonyl (C=O) groups excluding carboxylic acids is 1. The van der Waals surface area contributed by atoms with Crippen LogP contribution in [0.15, 0.2) is 34.8 Å². The van der Waals surface area contributed by atoms with Crippen LogP contribution in [0, 0.1) is 5.82 Å². The van der Waals surface area contributed by atoms with Gasteiger partial charge in [0.2, 0.25) is 5.91 Å². The van der Waals surface area contributed by atoms with Gasteiger partial charge in [0, 0.05) is 17.4 Å². The van der Waals surface area contributed by atoms with E-state index in [-0.39, 0.29) is 24.2 Å². The molecule has 1 aromatic carbocycles. The topological polar surface area (TPSA) is 63.6 Å². The number of hydrogen-bond donors (Lipinski definition) is 1. The van der Waals surface area contributed by atoms with Crippen molar-refractivity contribution in [1.29, 1.82) is 0 Å². The Hall–Kier alpha value is -2.28. The van der Waals surface area contributed by atoms with E-state index in [9.17, 15) is 9.18 Å². The fourth-order valence-electron chi connectivity index (χ4n) is 2.09. The van der Waals surface area contributed by atoms with Crippen LogP contribution in [0.3, 0.4) is 0 Å².